The van der Waals surface area contributed by atoms with E-state index in [0.717, 1.165) is 17.8 Å². The fourth-order valence-corrected chi connectivity index (χ4v) is 1.98. The van der Waals surface area contributed by atoms with Crippen molar-refractivity contribution in [3.63, 3.8) is 0 Å². The van der Waals surface area contributed by atoms with E-state index in [2.05, 4.69) is 15.3 Å². The van der Waals surface area contributed by atoms with Crippen LogP contribution in [0.15, 0.2) is 30.5 Å². The largest absolute Gasteiger partial charge is 0.486 e. The molecule has 1 aliphatic rings. The Balaban J connectivity index is 1.70. The van der Waals surface area contributed by atoms with Crippen LogP contribution in [0.4, 0.5) is 19.1 Å². The second-order valence-corrected chi connectivity index (χ2v) is 4.59. The van der Waals surface area contributed by atoms with Crippen molar-refractivity contribution >= 4 is 5.95 Å². The number of fused-ring (bicyclic) bond motifs is 1. The van der Waals surface area contributed by atoms with Crippen molar-refractivity contribution < 1.29 is 22.6 Å². The molecule has 0 bridgehead atoms. The number of nitrogens with zero attached hydrogens (tertiary/aromatic N) is 2. The Morgan fingerprint density at radius 2 is 1.86 bits per heavy atom. The van der Waals surface area contributed by atoms with Gasteiger partial charge in [-0.15, -0.1) is 0 Å². The molecule has 0 atom stereocenters. The molecule has 1 aliphatic heterocycles. The zero-order chi connectivity index (χ0) is 15.6. The monoisotopic (exact) mass is 311 g/mol. The van der Waals surface area contributed by atoms with Gasteiger partial charge in [0, 0.05) is 12.7 Å². The van der Waals surface area contributed by atoms with Crippen LogP contribution in [0, 0.1) is 0 Å². The maximum Gasteiger partial charge on any atom is 0.433 e. The summed E-state index contributed by atoms with van der Waals surface area (Å²) in [6, 6.07) is 6.16. The van der Waals surface area contributed by atoms with Crippen LogP contribution >= 0.6 is 0 Å². The summed E-state index contributed by atoms with van der Waals surface area (Å²) in [5.41, 5.74) is -0.155. The number of ether oxygens (including phenoxy) is 2. The summed E-state index contributed by atoms with van der Waals surface area (Å²) in [6.45, 7) is 1.25. The fourth-order valence-electron chi connectivity index (χ4n) is 1.98. The highest BCUT2D eigenvalue weighted by Gasteiger charge is 2.32. The highest BCUT2D eigenvalue weighted by molar-refractivity contribution is 5.44. The summed E-state index contributed by atoms with van der Waals surface area (Å²) in [5.74, 6) is 1.20. The lowest BCUT2D eigenvalue weighted by atomic mass is 10.2. The lowest BCUT2D eigenvalue weighted by molar-refractivity contribution is -0.141. The quantitative estimate of drug-likeness (QED) is 0.944. The van der Waals surface area contributed by atoms with E-state index >= 15 is 0 Å². The van der Waals surface area contributed by atoms with Gasteiger partial charge in [0.15, 0.2) is 11.5 Å². The van der Waals surface area contributed by atoms with Gasteiger partial charge >= 0.3 is 6.18 Å². The van der Waals surface area contributed by atoms with E-state index < -0.39 is 11.9 Å². The second-order valence-electron chi connectivity index (χ2n) is 4.59. The van der Waals surface area contributed by atoms with Crippen LogP contribution in [0.1, 0.15) is 11.3 Å². The Bertz CT molecular complexity index is 677. The Kier molecular flexibility index (Phi) is 3.74. The standard InChI is InChI=1S/C14H12F3N3O2/c15-14(16,17)12-3-4-18-13(20-12)19-8-9-1-2-10-11(7-9)22-6-5-21-10/h1-4,7H,5-6,8H2,(H,18,19,20). The van der Waals surface area contributed by atoms with E-state index in [0.29, 0.717) is 24.7 Å². The van der Waals surface area contributed by atoms with Gasteiger partial charge in [-0.2, -0.15) is 13.2 Å². The minimum Gasteiger partial charge on any atom is -0.486 e. The van der Waals surface area contributed by atoms with Gasteiger partial charge in [-0.3, -0.25) is 0 Å². The van der Waals surface area contributed by atoms with Crippen molar-refractivity contribution in [2.45, 2.75) is 12.7 Å². The van der Waals surface area contributed by atoms with E-state index in [9.17, 15) is 13.2 Å². The van der Waals surface area contributed by atoms with E-state index in [1.165, 1.54) is 0 Å². The van der Waals surface area contributed by atoms with Gasteiger partial charge in [-0.1, -0.05) is 6.07 Å². The summed E-state index contributed by atoms with van der Waals surface area (Å²) < 4.78 is 48.6. The van der Waals surface area contributed by atoms with Crippen LogP contribution in [0.2, 0.25) is 0 Å². The summed E-state index contributed by atoms with van der Waals surface area (Å²) in [4.78, 5) is 7.22. The zero-order valence-corrected chi connectivity index (χ0v) is 11.4. The van der Waals surface area contributed by atoms with Gasteiger partial charge in [-0.25, -0.2) is 9.97 Å². The summed E-state index contributed by atoms with van der Waals surface area (Å²) in [5, 5.41) is 2.76. The SMILES string of the molecule is FC(F)(F)c1ccnc(NCc2ccc3c(c2)OCCO3)n1. The molecule has 2 heterocycles. The molecule has 22 heavy (non-hydrogen) atoms. The van der Waals surface area contributed by atoms with Crippen LogP contribution in [0.5, 0.6) is 11.5 Å². The number of alkyl halides is 3. The van der Waals surface area contributed by atoms with E-state index in [1.807, 2.05) is 0 Å². The van der Waals surface area contributed by atoms with Crippen LogP contribution in [-0.4, -0.2) is 23.2 Å². The van der Waals surface area contributed by atoms with E-state index in [-0.39, 0.29) is 12.5 Å². The molecule has 0 unspecified atom stereocenters. The van der Waals surface area contributed by atoms with Crippen molar-refractivity contribution in [1.29, 1.82) is 0 Å². The lowest BCUT2D eigenvalue weighted by Crippen LogP contribution is -2.15. The summed E-state index contributed by atoms with van der Waals surface area (Å²) in [6.07, 6.45) is -3.42. The predicted octanol–water partition coefficient (Wildman–Crippen LogP) is 2.88. The van der Waals surface area contributed by atoms with Gasteiger partial charge in [0.1, 0.15) is 18.9 Å². The van der Waals surface area contributed by atoms with Crippen molar-refractivity contribution in [1.82, 2.24) is 9.97 Å². The third-order valence-electron chi connectivity index (χ3n) is 3.00. The van der Waals surface area contributed by atoms with Crippen LogP contribution in [-0.2, 0) is 12.7 Å². The molecule has 1 N–H and O–H groups in total. The number of rotatable bonds is 3. The summed E-state index contributed by atoms with van der Waals surface area (Å²) in [7, 11) is 0. The molecular formula is C14H12F3N3O2. The van der Waals surface area contributed by atoms with Gasteiger partial charge in [0.2, 0.25) is 5.95 Å². The molecule has 0 fully saturated rings. The fraction of sp³-hybridized carbons (Fsp3) is 0.286. The topological polar surface area (TPSA) is 56.3 Å². The van der Waals surface area contributed by atoms with Gasteiger partial charge in [0.05, 0.1) is 0 Å². The van der Waals surface area contributed by atoms with Crippen molar-refractivity contribution in [2.75, 3.05) is 18.5 Å². The highest BCUT2D eigenvalue weighted by atomic mass is 19.4. The Labute approximate surface area is 124 Å². The molecule has 116 valence electrons. The highest BCUT2D eigenvalue weighted by Crippen LogP contribution is 2.31. The molecule has 0 saturated carbocycles. The van der Waals surface area contributed by atoms with Gasteiger partial charge < -0.3 is 14.8 Å². The third-order valence-corrected chi connectivity index (χ3v) is 3.00. The molecule has 3 rings (SSSR count). The van der Waals surface area contributed by atoms with Crippen molar-refractivity contribution in [3.8, 4) is 11.5 Å². The maximum absolute atomic E-state index is 12.6. The van der Waals surface area contributed by atoms with Crippen molar-refractivity contribution in [2.24, 2.45) is 0 Å². The van der Waals surface area contributed by atoms with E-state index in [1.54, 1.807) is 18.2 Å². The van der Waals surface area contributed by atoms with E-state index in [4.69, 9.17) is 9.47 Å². The smallest absolute Gasteiger partial charge is 0.433 e. The molecule has 0 amide bonds. The number of nitrogens with one attached hydrogen (secondary N) is 1. The number of hydrogen-bond donors (Lipinski definition) is 1. The molecule has 1 aromatic carbocycles. The molecule has 1 aromatic heterocycles. The van der Waals surface area contributed by atoms with Gasteiger partial charge in [0.25, 0.3) is 0 Å². The van der Waals surface area contributed by atoms with Crippen LogP contribution in [0.3, 0.4) is 0 Å². The third kappa shape index (κ3) is 3.21. The molecule has 0 aliphatic carbocycles. The molecule has 2 aromatic rings. The minimum atomic E-state index is -4.49. The molecule has 8 heteroatoms. The zero-order valence-electron chi connectivity index (χ0n) is 11.4. The first-order chi connectivity index (χ1) is 10.5. The average Bonchev–Trinajstić information content (AvgIpc) is 2.52. The predicted molar refractivity (Wildman–Crippen MR) is 71.8 cm³/mol. The molecular weight excluding hydrogens is 299 g/mol. The molecule has 0 radical (unpaired) electrons. The maximum atomic E-state index is 12.6. The number of hydrogen-bond acceptors (Lipinski definition) is 5. The van der Waals surface area contributed by atoms with Gasteiger partial charge in [-0.05, 0) is 23.8 Å². The van der Waals surface area contributed by atoms with Crippen LogP contribution in [0.25, 0.3) is 0 Å². The first-order valence-corrected chi connectivity index (χ1v) is 6.55. The Hall–Kier alpha value is -2.51. The normalized spacial score (nSPS) is 13.8. The van der Waals surface area contributed by atoms with Crippen LogP contribution < -0.4 is 14.8 Å². The Morgan fingerprint density at radius 3 is 2.64 bits per heavy atom. The average molecular weight is 311 g/mol. The second kappa shape index (κ2) is 5.70. The number of anilines is 1. The minimum absolute atomic E-state index is 0.0790. The molecule has 0 spiro atoms. The first-order valence-electron chi connectivity index (χ1n) is 6.55. The Morgan fingerprint density at radius 1 is 1.09 bits per heavy atom. The van der Waals surface area contributed by atoms with Crippen molar-refractivity contribution in [3.05, 3.63) is 41.7 Å². The lowest BCUT2D eigenvalue weighted by Gasteiger charge is -2.19. The summed E-state index contributed by atoms with van der Waals surface area (Å²) >= 11 is 0. The molecule has 5 nitrogen and oxygen atoms in total. The number of halogens is 3. The number of benzene rings is 1. The number of aromatic nitrogens is 2. The first kappa shape index (κ1) is 14.4. The molecule has 0 saturated heterocycles.